The zero-order chi connectivity index (χ0) is 21.0. The second-order valence-electron chi connectivity index (χ2n) is 6.95. The van der Waals surface area contributed by atoms with E-state index < -0.39 is 5.97 Å². The van der Waals surface area contributed by atoms with Gasteiger partial charge in [-0.3, -0.25) is 0 Å². The zero-order valence-corrected chi connectivity index (χ0v) is 17.7. The molecule has 0 fully saturated rings. The number of hydrogen-bond acceptors (Lipinski definition) is 3. The number of rotatable bonds is 8. The van der Waals surface area contributed by atoms with Crippen molar-refractivity contribution in [3.63, 3.8) is 0 Å². The van der Waals surface area contributed by atoms with Crippen LogP contribution in [0.4, 0.5) is 0 Å². The highest BCUT2D eigenvalue weighted by atomic mass is 35.5. The number of nitrogens with zero attached hydrogens (tertiary/aromatic N) is 2. The third-order valence-electron chi connectivity index (χ3n) is 4.87. The molecule has 0 atom stereocenters. The highest BCUT2D eigenvalue weighted by molar-refractivity contribution is 6.31. The number of aromatic nitrogens is 2. The second-order valence-corrected chi connectivity index (χ2v) is 7.36. The summed E-state index contributed by atoms with van der Waals surface area (Å²) in [5.41, 5.74) is 2.66. The number of furan rings is 1. The summed E-state index contributed by atoms with van der Waals surface area (Å²) in [6, 6.07) is 9.59. The lowest BCUT2D eigenvalue weighted by atomic mass is 10.1. The van der Waals surface area contributed by atoms with Crippen molar-refractivity contribution in [2.75, 3.05) is 0 Å². The van der Waals surface area contributed by atoms with Crippen LogP contribution in [-0.4, -0.2) is 20.6 Å². The van der Waals surface area contributed by atoms with E-state index in [1.807, 2.05) is 37.3 Å². The Labute approximate surface area is 175 Å². The summed E-state index contributed by atoms with van der Waals surface area (Å²) in [5, 5.41) is 10.3. The molecular weight excluding hydrogens is 388 g/mol. The fraction of sp³-hybridized carbons (Fsp3) is 0.304. The Hall–Kier alpha value is -2.79. The van der Waals surface area contributed by atoms with Crippen molar-refractivity contribution in [1.82, 2.24) is 9.55 Å². The molecule has 0 aliphatic heterocycles. The van der Waals surface area contributed by atoms with E-state index in [1.54, 1.807) is 19.2 Å². The van der Waals surface area contributed by atoms with Gasteiger partial charge in [0.1, 0.15) is 11.6 Å². The quantitative estimate of drug-likeness (QED) is 0.462. The Morgan fingerprint density at radius 3 is 2.76 bits per heavy atom. The molecule has 0 aliphatic rings. The largest absolute Gasteiger partial charge is 0.478 e. The molecule has 0 saturated carbocycles. The van der Waals surface area contributed by atoms with Crippen molar-refractivity contribution in [3.05, 3.63) is 70.5 Å². The van der Waals surface area contributed by atoms with Crippen molar-refractivity contribution in [2.24, 2.45) is 0 Å². The van der Waals surface area contributed by atoms with E-state index in [2.05, 4.69) is 16.5 Å². The fourth-order valence-electron chi connectivity index (χ4n) is 3.39. The molecule has 2 heterocycles. The van der Waals surface area contributed by atoms with Gasteiger partial charge >= 0.3 is 5.97 Å². The first kappa shape index (κ1) is 20.9. The number of carboxylic acid groups (broad SMARTS) is 1. The molecule has 1 aromatic carbocycles. The first-order valence-electron chi connectivity index (χ1n) is 9.74. The van der Waals surface area contributed by atoms with Gasteiger partial charge in [-0.1, -0.05) is 49.2 Å². The van der Waals surface area contributed by atoms with E-state index >= 15 is 0 Å². The van der Waals surface area contributed by atoms with Gasteiger partial charge in [-0.05, 0) is 38.0 Å². The molecule has 1 N–H and O–H groups in total. The predicted molar refractivity (Wildman–Crippen MR) is 115 cm³/mol. The number of benzene rings is 1. The molecule has 6 heteroatoms. The highest BCUT2D eigenvalue weighted by Crippen LogP contribution is 2.34. The summed E-state index contributed by atoms with van der Waals surface area (Å²) in [6.45, 7) is 6.20. The second kappa shape index (κ2) is 9.14. The maximum absolute atomic E-state index is 11.7. The smallest absolute Gasteiger partial charge is 0.339 e. The van der Waals surface area contributed by atoms with Gasteiger partial charge in [-0.25, -0.2) is 9.78 Å². The van der Waals surface area contributed by atoms with E-state index in [1.165, 1.54) is 0 Å². The highest BCUT2D eigenvalue weighted by Gasteiger charge is 2.23. The minimum atomic E-state index is -1.02. The summed E-state index contributed by atoms with van der Waals surface area (Å²) in [7, 11) is 0. The molecule has 3 aromatic rings. The van der Waals surface area contributed by atoms with Crippen LogP contribution in [0.15, 0.2) is 47.0 Å². The average Bonchev–Trinajstić information content (AvgIpc) is 3.25. The minimum Gasteiger partial charge on any atom is -0.478 e. The molecule has 3 rings (SSSR count). The maximum atomic E-state index is 11.7. The molecule has 0 bridgehead atoms. The van der Waals surface area contributed by atoms with Crippen molar-refractivity contribution in [2.45, 2.75) is 46.6 Å². The van der Waals surface area contributed by atoms with Crippen LogP contribution in [0.5, 0.6) is 0 Å². The van der Waals surface area contributed by atoms with Crippen LogP contribution >= 0.6 is 11.6 Å². The lowest BCUT2D eigenvalue weighted by molar-refractivity contribution is -0.130. The van der Waals surface area contributed by atoms with Gasteiger partial charge in [0.25, 0.3) is 0 Å². The number of halogens is 1. The molecule has 0 unspecified atom stereocenters. The molecule has 152 valence electrons. The van der Waals surface area contributed by atoms with Gasteiger partial charge < -0.3 is 14.1 Å². The molecule has 0 spiro atoms. The maximum Gasteiger partial charge on any atom is 0.339 e. The molecule has 29 heavy (non-hydrogen) atoms. The molecule has 2 aromatic heterocycles. The third-order valence-corrected chi connectivity index (χ3v) is 5.24. The molecule has 5 nitrogen and oxygen atoms in total. The molecule has 0 aliphatic carbocycles. The number of unbranched alkanes of at least 4 members (excludes halogenated alkanes) is 1. The third kappa shape index (κ3) is 4.46. The van der Waals surface area contributed by atoms with Gasteiger partial charge in [0, 0.05) is 17.0 Å². The Morgan fingerprint density at radius 1 is 1.34 bits per heavy atom. The van der Waals surface area contributed by atoms with Crippen LogP contribution in [0.3, 0.4) is 0 Å². The van der Waals surface area contributed by atoms with Crippen LogP contribution in [-0.2, 0) is 17.8 Å². The molecule has 0 amide bonds. The van der Waals surface area contributed by atoms with Crippen LogP contribution in [0.25, 0.3) is 16.8 Å². The summed E-state index contributed by atoms with van der Waals surface area (Å²) in [6.07, 6.45) is 6.27. The molecule has 0 radical (unpaired) electrons. The van der Waals surface area contributed by atoms with Crippen molar-refractivity contribution < 1.29 is 14.3 Å². The van der Waals surface area contributed by atoms with Crippen LogP contribution in [0, 0.1) is 6.92 Å². The van der Waals surface area contributed by atoms with E-state index in [-0.39, 0.29) is 5.57 Å². The normalized spacial score (nSPS) is 11.8. The van der Waals surface area contributed by atoms with Crippen LogP contribution < -0.4 is 0 Å². The van der Waals surface area contributed by atoms with Gasteiger partial charge in [-0.2, -0.15) is 0 Å². The SMILES string of the molecule is CC=C(C(=O)O)c1oc(C)cc1-c1cnc(CCCC)n1Cc1ccccc1Cl. The van der Waals surface area contributed by atoms with Crippen molar-refractivity contribution in [3.8, 4) is 11.3 Å². The average molecular weight is 413 g/mol. The zero-order valence-electron chi connectivity index (χ0n) is 16.9. The lowest BCUT2D eigenvalue weighted by Crippen LogP contribution is -2.08. The monoisotopic (exact) mass is 412 g/mol. The number of carbonyl (C=O) groups is 1. The van der Waals surface area contributed by atoms with Crippen molar-refractivity contribution in [1.29, 1.82) is 0 Å². The van der Waals surface area contributed by atoms with Gasteiger partial charge in [0.2, 0.25) is 0 Å². The number of carboxylic acids is 1. The van der Waals surface area contributed by atoms with Crippen LogP contribution in [0.2, 0.25) is 5.02 Å². The number of allylic oxidation sites excluding steroid dienone is 1. The lowest BCUT2D eigenvalue weighted by Gasteiger charge is -2.13. The summed E-state index contributed by atoms with van der Waals surface area (Å²) in [4.78, 5) is 16.4. The van der Waals surface area contributed by atoms with E-state index in [0.717, 1.165) is 41.9 Å². The van der Waals surface area contributed by atoms with Gasteiger partial charge in [-0.15, -0.1) is 0 Å². The first-order chi connectivity index (χ1) is 14.0. The Bertz CT molecular complexity index is 1050. The molecular formula is C23H25ClN2O3. The summed E-state index contributed by atoms with van der Waals surface area (Å²) in [5.74, 6) is 0.923. The van der Waals surface area contributed by atoms with Gasteiger partial charge in [0.15, 0.2) is 5.76 Å². The van der Waals surface area contributed by atoms with E-state index in [0.29, 0.717) is 23.1 Å². The standard InChI is InChI=1S/C23H25ClN2O3/c1-4-6-11-21-25-13-20(26(21)14-16-9-7-8-10-19(16)24)18-12-15(3)29-22(18)17(5-2)23(27)28/h5,7-10,12-13H,4,6,11,14H2,1-3H3,(H,27,28). The van der Waals surface area contributed by atoms with Gasteiger partial charge in [0.05, 0.1) is 24.0 Å². The molecule has 0 saturated heterocycles. The fourth-order valence-corrected chi connectivity index (χ4v) is 3.59. The first-order valence-corrected chi connectivity index (χ1v) is 10.1. The topological polar surface area (TPSA) is 68.3 Å². The number of aliphatic carboxylic acids is 1. The summed E-state index contributed by atoms with van der Waals surface area (Å²) >= 11 is 6.41. The van der Waals surface area contributed by atoms with Crippen molar-refractivity contribution >= 4 is 23.1 Å². The Morgan fingerprint density at radius 2 is 2.10 bits per heavy atom. The number of hydrogen-bond donors (Lipinski definition) is 1. The Balaban J connectivity index is 2.15. The summed E-state index contributed by atoms with van der Waals surface area (Å²) < 4.78 is 7.90. The number of imidazole rings is 1. The minimum absolute atomic E-state index is 0.133. The van der Waals surface area contributed by atoms with E-state index in [9.17, 15) is 9.90 Å². The van der Waals surface area contributed by atoms with Crippen LogP contribution in [0.1, 0.15) is 49.6 Å². The predicted octanol–water partition coefficient (Wildman–Crippen LogP) is 5.98. The number of aryl methyl sites for hydroxylation is 2. The van der Waals surface area contributed by atoms with E-state index in [4.69, 9.17) is 16.0 Å². The Kier molecular flexibility index (Phi) is 6.60.